The third-order valence-electron chi connectivity index (χ3n) is 2.84. The molecule has 106 valence electrons. The average molecular weight is 358 g/mol. The van der Waals surface area contributed by atoms with Crippen LogP contribution in [0.4, 0.5) is 10.1 Å². The molecule has 0 bridgehead atoms. The van der Waals surface area contributed by atoms with Crippen molar-refractivity contribution >= 4 is 38.9 Å². The van der Waals surface area contributed by atoms with Gasteiger partial charge >= 0.3 is 5.97 Å². The minimum Gasteiger partial charge on any atom is -0.478 e. The molecule has 20 heavy (non-hydrogen) atoms. The lowest BCUT2D eigenvalue weighted by molar-refractivity contribution is 0.0695. The summed E-state index contributed by atoms with van der Waals surface area (Å²) >= 11 is 4.61. The Kier molecular flexibility index (Phi) is 4.77. The van der Waals surface area contributed by atoms with Gasteiger partial charge in [0.2, 0.25) is 0 Å². The molecule has 0 saturated carbocycles. The summed E-state index contributed by atoms with van der Waals surface area (Å²) < 4.78 is 14.1. The van der Waals surface area contributed by atoms with Gasteiger partial charge in [-0.1, -0.05) is 0 Å². The minimum atomic E-state index is -1.16. The largest absolute Gasteiger partial charge is 0.478 e. The van der Waals surface area contributed by atoms with Crippen LogP contribution in [0.2, 0.25) is 0 Å². The van der Waals surface area contributed by atoms with Gasteiger partial charge in [0.1, 0.15) is 0 Å². The number of carboxylic acids is 1. The molecule has 1 aromatic heterocycles. The van der Waals surface area contributed by atoms with E-state index in [4.69, 9.17) is 5.11 Å². The fourth-order valence-electron chi connectivity index (χ4n) is 1.90. The maximum Gasteiger partial charge on any atom is 0.336 e. The van der Waals surface area contributed by atoms with E-state index in [0.717, 1.165) is 6.42 Å². The molecule has 0 radical (unpaired) electrons. The van der Waals surface area contributed by atoms with Crippen molar-refractivity contribution in [3.63, 3.8) is 0 Å². The monoisotopic (exact) mass is 357 g/mol. The van der Waals surface area contributed by atoms with Crippen molar-refractivity contribution in [2.75, 3.05) is 5.32 Å². The third kappa shape index (κ3) is 3.37. The van der Waals surface area contributed by atoms with Gasteiger partial charge in [-0.05, 0) is 63.8 Å². The zero-order chi connectivity index (χ0) is 14.7. The van der Waals surface area contributed by atoms with E-state index in [1.54, 1.807) is 11.3 Å². The predicted octanol–water partition coefficient (Wildman–Crippen LogP) is 4.39. The van der Waals surface area contributed by atoms with Crippen LogP contribution in [0.1, 0.15) is 22.8 Å². The molecule has 0 aliphatic carbocycles. The Labute approximate surface area is 128 Å². The Balaban J connectivity index is 2.13. The van der Waals surface area contributed by atoms with Gasteiger partial charge in [0.15, 0.2) is 5.82 Å². The number of hydrogen-bond acceptors (Lipinski definition) is 3. The highest BCUT2D eigenvalue weighted by molar-refractivity contribution is 9.10. The van der Waals surface area contributed by atoms with Crippen molar-refractivity contribution in [1.82, 2.24) is 0 Å². The predicted molar refractivity (Wildman–Crippen MR) is 82.2 cm³/mol. The second kappa shape index (κ2) is 6.37. The second-order valence-electron chi connectivity index (χ2n) is 4.47. The van der Waals surface area contributed by atoms with E-state index in [0.29, 0.717) is 5.69 Å². The number of nitrogens with one attached hydrogen (secondary N) is 1. The number of carbonyl (C=O) groups is 1. The van der Waals surface area contributed by atoms with Gasteiger partial charge in [-0.25, -0.2) is 9.18 Å². The van der Waals surface area contributed by atoms with Crippen LogP contribution in [-0.4, -0.2) is 17.1 Å². The molecule has 2 N–H and O–H groups in total. The van der Waals surface area contributed by atoms with E-state index in [1.807, 2.05) is 18.4 Å². The summed E-state index contributed by atoms with van der Waals surface area (Å²) in [4.78, 5) is 10.9. The van der Waals surface area contributed by atoms with Crippen LogP contribution >= 0.6 is 27.3 Å². The van der Waals surface area contributed by atoms with Crippen LogP contribution in [0.25, 0.3) is 0 Å². The highest BCUT2D eigenvalue weighted by atomic mass is 79.9. The van der Waals surface area contributed by atoms with Crippen molar-refractivity contribution in [2.24, 2.45) is 0 Å². The summed E-state index contributed by atoms with van der Waals surface area (Å²) in [5.41, 5.74) is 1.40. The lowest BCUT2D eigenvalue weighted by Gasteiger charge is -2.16. The maximum absolute atomic E-state index is 14.1. The number of anilines is 1. The van der Waals surface area contributed by atoms with Crippen molar-refractivity contribution in [3.8, 4) is 0 Å². The zero-order valence-electron chi connectivity index (χ0n) is 10.7. The van der Waals surface area contributed by atoms with E-state index in [9.17, 15) is 9.18 Å². The molecular weight excluding hydrogens is 345 g/mol. The summed E-state index contributed by atoms with van der Waals surface area (Å²) in [7, 11) is 0. The highest BCUT2D eigenvalue weighted by Crippen LogP contribution is 2.27. The number of halogens is 2. The number of hydrogen-bond donors (Lipinski definition) is 2. The van der Waals surface area contributed by atoms with Crippen molar-refractivity contribution in [3.05, 3.63) is 50.4 Å². The Morgan fingerprint density at radius 2 is 2.25 bits per heavy atom. The van der Waals surface area contributed by atoms with Crippen LogP contribution in [0.15, 0.2) is 33.4 Å². The molecule has 0 aliphatic heterocycles. The quantitative estimate of drug-likeness (QED) is 0.833. The lowest BCUT2D eigenvalue weighted by atomic mass is 10.1. The number of aromatic carboxylic acids is 1. The fourth-order valence-corrected chi connectivity index (χ4v) is 3.10. The van der Waals surface area contributed by atoms with Gasteiger partial charge in [-0.3, -0.25) is 0 Å². The highest BCUT2D eigenvalue weighted by Gasteiger charge is 2.16. The van der Waals surface area contributed by atoms with E-state index in [1.165, 1.54) is 17.7 Å². The Morgan fingerprint density at radius 3 is 2.85 bits per heavy atom. The van der Waals surface area contributed by atoms with Crippen LogP contribution < -0.4 is 5.32 Å². The Hall–Kier alpha value is -1.40. The molecule has 1 aromatic carbocycles. The molecule has 0 spiro atoms. The maximum atomic E-state index is 14.1. The molecule has 0 fully saturated rings. The van der Waals surface area contributed by atoms with Gasteiger partial charge in [0.25, 0.3) is 0 Å². The first kappa shape index (κ1) is 15.0. The second-order valence-corrected chi connectivity index (χ2v) is 6.05. The van der Waals surface area contributed by atoms with Gasteiger partial charge in [0, 0.05) is 6.04 Å². The Morgan fingerprint density at radius 1 is 1.50 bits per heavy atom. The first-order valence-corrected chi connectivity index (χ1v) is 7.71. The first-order valence-electron chi connectivity index (χ1n) is 5.98. The van der Waals surface area contributed by atoms with Gasteiger partial charge in [0.05, 0.1) is 15.7 Å². The molecule has 2 aromatic rings. The first-order chi connectivity index (χ1) is 9.49. The van der Waals surface area contributed by atoms with E-state index < -0.39 is 11.8 Å². The standard InChI is InChI=1S/C14H13BrFNO2S/c1-8(6-9-4-5-20-7-9)17-11-3-2-10(14(18)19)12(15)13(11)16/h2-5,7-8,17H,6H2,1H3,(H,18,19). The topological polar surface area (TPSA) is 49.3 Å². The molecule has 0 aliphatic rings. The summed E-state index contributed by atoms with van der Waals surface area (Å²) in [6.07, 6.45) is 0.779. The van der Waals surface area contributed by atoms with Crippen molar-refractivity contribution < 1.29 is 14.3 Å². The molecule has 1 heterocycles. The van der Waals surface area contributed by atoms with E-state index in [2.05, 4.69) is 26.6 Å². The van der Waals surface area contributed by atoms with Gasteiger partial charge in [-0.2, -0.15) is 11.3 Å². The molecule has 1 unspecified atom stereocenters. The minimum absolute atomic E-state index is 0.0299. The van der Waals surface area contributed by atoms with E-state index >= 15 is 0 Å². The molecule has 0 amide bonds. The number of thiophene rings is 1. The zero-order valence-corrected chi connectivity index (χ0v) is 13.1. The van der Waals surface area contributed by atoms with E-state index in [-0.39, 0.29) is 16.1 Å². The summed E-state index contributed by atoms with van der Waals surface area (Å²) in [6.45, 7) is 1.95. The normalized spacial score (nSPS) is 12.2. The summed E-state index contributed by atoms with van der Waals surface area (Å²) in [6, 6.07) is 4.91. The smallest absolute Gasteiger partial charge is 0.336 e. The lowest BCUT2D eigenvalue weighted by Crippen LogP contribution is -2.19. The fraction of sp³-hybridized carbons (Fsp3) is 0.214. The van der Waals surface area contributed by atoms with Gasteiger partial charge < -0.3 is 10.4 Å². The van der Waals surface area contributed by atoms with Crippen LogP contribution in [0.5, 0.6) is 0 Å². The van der Waals surface area contributed by atoms with Crippen molar-refractivity contribution in [2.45, 2.75) is 19.4 Å². The van der Waals surface area contributed by atoms with Crippen LogP contribution in [-0.2, 0) is 6.42 Å². The average Bonchev–Trinajstić information content (AvgIpc) is 2.87. The van der Waals surface area contributed by atoms with Crippen LogP contribution in [0.3, 0.4) is 0 Å². The molecule has 3 nitrogen and oxygen atoms in total. The summed E-state index contributed by atoms with van der Waals surface area (Å²) in [5.74, 6) is -1.74. The van der Waals surface area contributed by atoms with Gasteiger partial charge in [-0.15, -0.1) is 0 Å². The Bertz CT molecular complexity index is 616. The number of carboxylic acid groups (broad SMARTS) is 1. The molecule has 6 heteroatoms. The number of rotatable bonds is 5. The molecular formula is C14H13BrFNO2S. The molecule has 2 rings (SSSR count). The third-order valence-corrected chi connectivity index (χ3v) is 4.34. The van der Waals surface area contributed by atoms with Crippen molar-refractivity contribution in [1.29, 1.82) is 0 Å². The SMILES string of the molecule is CC(Cc1ccsc1)Nc1ccc(C(=O)O)c(Br)c1F. The number of benzene rings is 1. The van der Waals surface area contributed by atoms with Crippen LogP contribution in [0, 0.1) is 5.82 Å². The molecule has 1 atom stereocenters. The summed E-state index contributed by atoms with van der Waals surface area (Å²) in [5, 5.41) is 16.0. The molecule has 0 saturated heterocycles.